The average molecular weight is 824 g/mol. The maximum atomic E-state index is 7.34. The van der Waals surface area contributed by atoms with Gasteiger partial charge in [-0.1, -0.05) is 144 Å². The van der Waals surface area contributed by atoms with Crippen molar-refractivity contribution in [2.45, 2.75) is 105 Å². The smallest absolute Gasteiger partial charge is 0.261 e. The summed E-state index contributed by atoms with van der Waals surface area (Å²) in [7, 11) is 0. The lowest BCUT2D eigenvalue weighted by Crippen LogP contribution is -2.63. The molecule has 0 unspecified atom stereocenters. The zero-order chi connectivity index (χ0) is 44.1. The second kappa shape index (κ2) is 13.2. The van der Waals surface area contributed by atoms with Crippen LogP contribution in [0.4, 0.5) is 34.1 Å². The highest BCUT2D eigenvalue weighted by atomic mass is 16.5. The van der Waals surface area contributed by atoms with E-state index in [9.17, 15) is 0 Å². The van der Waals surface area contributed by atoms with Gasteiger partial charge in [0.1, 0.15) is 11.5 Å². The first-order chi connectivity index (χ1) is 29.8. The molecule has 0 saturated carbocycles. The van der Waals surface area contributed by atoms with Crippen molar-refractivity contribution in [1.29, 1.82) is 0 Å². The van der Waals surface area contributed by atoms with Crippen molar-refractivity contribution in [2.24, 2.45) is 0 Å². The molecule has 0 fully saturated rings. The highest BCUT2D eigenvalue weighted by molar-refractivity contribution is 7.01. The monoisotopic (exact) mass is 823 g/mol. The van der Waals surface area contributed by atoms with Crippen LogP contribution < -0.4 is 30.9 Å². The van der Waals surface area contributed by atoms with E-state index in [4.69, 9.17) is 4.74 Å². The van der Waals surface area contributed by atoms with Gasteiger partial charge in [-0.05, 0) is 133 Å². The third kappa shape index (κ3) is 6.02. The van der Waals surface area contributed by atoms with Crippen LogP contribution in [0.25, 0.3) is 27.5 Å². The van der Waals surface area contributed by atoms with E-state index in [-0.39, 0.29) is 28.4 Å². The lowest BCUT2D eigenvalue weighted by atomic mass is 9.32. The SMILES string of the molecule is CC(C)(C)c1ccc(N2c3cc(C(C)(C)C)cc4c3B3c5c(cc(C(C)(C)C)cc5N(c5ccc(C(C)(C)C)cc5)c5cc(-n6c7ccccc7c7ccccc76)cc2c53)O4)cc1. The van der Waals surface area contributed by atoms with Gasteiger partial charge < -0.3 is 19.1 Å². The van der Waals surface area contributed by atoms with E-state index in [0.717, 1.165) is 28.6 Å². The molecule has 0 aliphatic carbocycles. The van der Waals surface area contributed by atoms with Crippen LogP contribution in [0.3, 0.4) is 0 Å². The number of nitrogens with zero attached hydrogens (tertiary/aromatic N) is 3. The molecule has 8 aromatic rings. The Morgan fingerprint density at radius 1 is 0.365 bits per heavy atom. The van der Waals surface area contributed by atoms with E-state index < -0.39 is 0 Å². The predicted molar refractivity (Wildman–Crippen MR) is 270 cm³/mol. The van der Waals surface area contributed by atoms with Crippen LogP contribution in [0.1, 0.15) is 105 Å². The number of aromatic nitrogens is 1. The minimum absolute atomic E-state index is 0.0232. The summed E-state index contributed by atoms with van der Waals surface area (Å²) in [4.78, 5) is 5.11. The third-order valence-corrected chi connectivity index (χ3v) is 14.0. The van der Waals surface area contributed by atoms with Gasteiger partial charge in [-0.15, -0.1) is 0 Å². The molecular weight excluding hydrogens is 765 g/mol. The Labute approximate surface area is 374 Å². The summed E-state index contributed by atoms with van der Waals surface area (Å²) in [6, 6.07) is 50.9. The lowest BCUT2D eigenvalue weighted by Gasteiger charge is -2.47. The van der Waals surface area contributed by atoms with Gasteiger partial charge in [0.2, 0.25) is 0 Å². The van der Waals surface area contributed by atoms with Crippen LogP contribution in [0, 0.1) is 0 Å². The van der Waals surface area contributed by atoms with E-state index in [0.29, 0.717) is 0 Å². The fourth-order valence-electron chi connectivity index (χ4n) is 10.4. The van der Waals surface area contributed by atoms with Gasteiger partial charge in [-0.2, -0.15) is 0 Å². The van der Waals surface area contributed by atoms with Crippen molar-refractivity contribution < 1.29 is 4.74 Å². The molecule has 63 heavy (non-hydrogen) atoms. The molecule has 0 atom stereocenters. The fraction of sp³-hybridized carbons (Fsp3) is 0.276. The number of ether oxygens (including phenoxy) is 1. The number of benzene rings is 7. The molecule has 4 heterocycles. The first-order valence-electron chi connectivity index (χ1n) is 22.8. The Morgan fingerprint density at radius 3 is 1.11 bits per heavy atom. The number of hydrogen-bond acceptors (Lipinski definition) is 3. The second-order valence-electron chi connectivity index (χ2n) is 22.4. The maximum absolute atomic E-state index is 7.34. The Morgan fingerprint density at radius 2 is 0.730 bits per heavy atom. The predicted octanol–water partition coefficient (Wildman–Crippen LogP) is 14.2. The fourth-order valence-corrected chi connectivity index (χ4v) is 10.4. The van der Waals surface area contributed by atoms with Crippen molar-refractivity contribution in [3.63, 3.8) is 0 Å². The Balaban J connectivity index is 1.31. The van der Waals surface area contributed by atoms with Gasteiger partial charge in [-0.25, -0.2) is 0 Å². The van der Waals surface area contributed by atoms with E-state index in [1.54, 1.807) is 0 Å². The second-order valence-corrected chi connectivity index (χ2v) is 22.4. The zero-order valence-corrected chi connectivity index (χ0v) is 39.0. The van der Waals surface area contributed by atoms with E-state index in [1.165, 1.54) is 83.2 Å². The summed E-state index contributed by atoms with van der Waals surface area (Å²) in [5, 5.41) is 2.51. The van der Waals surface area contributed by atoms with Gasteiger partial charge >= 0.3 is 0 Å². The summed E-state index contributed by atoms with van der Waals surface area (Å²) < 4.78 is 9.83. The highest BCUT2D eigenvalue weighted by Crippen LogP contribution is 2.51. The molecule has 0 radical (unpaired) electrons. The lowest BCUT2D eigenvalue weighted by molar-refractivity contribution is 0.479. The van der Waals surface area contributed by atoms with Gasteiger partial charge in [0.25, 0.3) is 6.71 Å². The number of fused-ring (bicyclic) bond motifs is 3. The van der Waals surface area contributed by atoms with Crippen LogP contribution >= 0.6 is 0 Å². The van der Waals surface area contributed by atoms with E-state index in [1.807, 2.05) is 0 Å². The highest BCUT2D eigenvalue weighted by Gasteiger charge is 2.50. The Hall–Kier alpha value is -6.20. The summed E-state index contributed by atoms with van der Waals surface area (Å²) in [5.41, 5.74) is 19.3. The molecule has 3 aliphatic rings. The topological polar surface area (TPSA) is 20.6 Å². The Bertz CT molecular complexity index is 2970. The molecule has 0 spiro atoms. The zero-order valence-electron chi connectivity index (χ0n) is 39.0. The number of anilines is 6. The number of para-hydroxylation sites is 2. The van der Waals surface area contributed by atoms with Crippen LogP contribution in [0.2, 0.25) is 0 Å². The molecule has 3 aliphatic heterocycles. The Kier molecular flexibility index (Phi) is 8.29. The van der Waals surface area contributed by atoms with Crippen LogP contribution in [0.5, 0.6) is 11.5 Å². The maximum Gasteiger partial charge on any atom is 0.261 e. The van der Waals surface area contributed by atoms with Crippen molar-refractivity contribution in [1.82, 2.24) is 4.57 Å². The standard InChI is InChI=1S/C58H58BN3O/c1-55(2,3)35-21-25-39(26-22-35)60-46-29-37(57(7,8)9)31-50-53(46)59-52-48(60)33-41(62-44-19-15-13-17-42(44)43-18-14-16-20-45(43)62)34-49(52)61(40-27-23-36(24-28-40)56(4,5)6)47-30-38(58(10,11)12)32-51(63-50)54(47)59/h13-34H,1-12H3. The largest absolute Gasteiger partial charge is 0.458 e. The quantitative estimate of drug-likeness (QED) is 0.166. The van der Waals surface area contributed by atoms with Crippen molar-refractivity contribution in [3.05, 3.63) is 156 Å². The first kappa shape index (κ1) is 39.6. The van der Waals surface area contributed by atoms with Crippen molar-refractivity contribution in [2.75, 3.05) is 9.80 Å². The molecule has 0 saturated heterocycles. The molecule has 0 bridgehead atoms. The van der Waals surface area contributed by atoms with Gasteiger partial charge in [0, 0.05) is 44.9 Å². The average Bonchev–Trinajstić information content (AvgIpc) is 3.56. The van der Waals surface area contributed by atoms with Crippen molar-refractivity contribution in [3.8, 4) is 17.2 Å². The molecule has 314 valence electrons. The van der Waals surface area contributed by atoms with Gasteiger partial charge in [-0.3, -0.25) is 0 Å². The third-order valence-electron chi connectivity index (χ3n) is 14.0. The summed E-state index contributed by atoms with van der Waals surface area (Å²) in [6.45, 7) is 27.6. The van der Waals surface area contributed by atoms with Crippen LogP contribution in [0.15, 0.2) is 133 Å². The minimum atomic E-state index is -0.117. The molecule has 11 rings (SSSR count). The summed E-state index contributed by atoms with van der Waals surface area (Å²) in [5.74, 6) is 1.91. The number of rotatable bonds is 3. The first-order valence-corrected chi connectivity index (χ1v) is 22.8. The molecule has 5 heteroatoms. The molecule has 0 N–H and O–H groups in total. The van der Waals surface area contributed by atoms with Gasteiger partial charge in [0.05, 0.1) is 16.7 Å². The van der Waals surface area contributed by atoms with Crippen molar-refractivity contribution >= 4 is 79.0 Å². The molecule has 1 aromatic heterocycles. The molecular formula is C58H58BN3O. The van der Waals surface area contributed by atoms with E-state index in [2.05, 4.69) is 231 Å². The van der Waals surface area contributed by atoms with E-state index >= 15 is 0 Å². The molecule has 4 nitrogen and oxygen atoms in total. The van der Waals surface area contributed by atoms with Crippen LogP contribution in [-0.2, 0) is 21.7 Å². The number of hydrogen-bond donors (Lipinski definition) is 0. The van der Waals surface area contributed by atoms with Crippen LogP contribution in [-0.4, -0.2) is 11.3 Å². The molecule has 0 amide bonds. The summed E-state index contributed by atoms with van der Waals surface area (Å²) >= 11 is 0. The molecule has 7 aromatic carbocycles. The normalized spacial score (nSPS) is 14.4. The summed E-state index contributed by atoms with van der Waals surface area (Å²) in [6.07, 6.45) is 0. The van der Waals surface area contributed by atoms with Gasteiger partial charge in [0.15, 0.2) is 0 Å². The minimum Gasteiger partial charge on any atom is -0.458 e.